The molecule has 47 heavy (non-hydrogen) atoms. The van der Waals surface area contributed by atoms with Crippen molar-refractivity contribution in [1.82, 2.24) is 39.0 Å². The molecule has 7 N–H and O–H groups in total. The molecule has 2 aliphatic heterocycles. The maximum atomic E-state index is 10.3. The van der Waals surface area contributed by atoms with Gasteiger partial charge in [0.15, 0.2) is 40.2 Å². The summed E-state index contributed by atoms with van der Waals surface area (Å²) in [6.07, 6.45) is 5.23. The van der Waals surface area contributed by atoms with Crippen molar-refractivity contribution < 1.29 is 40.1 Å². The Labute approximate surface area is 273 Å². The Morgan fingerprint density at radius 3 is 1.66 bits per heavy atom. The summed E-state index contributed by atoms with van der Waals surface area (Å²) in [5.74, 6) is 2.09. The van der Waals surface area contributed by atoms with Crippen molar-refractivity contribution in [2.75, 3.05) is 18.5 Å². The van der Waals surface area contributed by atoms with Gasteiger partial charge in [0, 0.05) is 6.04 Å². The Kier molecular flexibility index (Phi) is 9.25. The molecule has 0 spiro atoms. The minimum Gasteiger partial charge on any atom is -0.394 e. The number of hydrogen-bond donors (Lipinski definition) is 7. The van der Waals surface area contributed by atoms with E-state index in [1.165, 1.54) is 62.1 Å². The van der Waals surface area contributed by atoms with Crippen LogP contribution in [0.1, 0.15) is 51.0 Å². The summed E-state index contributed by atoms with van der Waals surface area (Å²) >= 11 is 5.88. The Morgan fingerprint density at radius 2 is 1.19 bits per heavy atom. The minimum absolute atomic E-state index is 0.190. The molecule has 254 valence electrons. The van der Waals surface area contributed by atoms with Crippen LogP contribution in [0.5, 0.6) is 0 Å². The van der Waals surface area contributed by atoms with Gasteiger partial charge < -0.3 is 45.4 Å². The van der Waals surface area contributed by atoms with Gasteiger partial charge in [-0.15, -0.1) is 0 Å². The fourth-order valence-electron chi connectivity index (χ4n) is 6.75. The molecule has 8 rings (SSSR count). The van der Waals surface area contributed by atoms with Crippen LogP contribution in [0.4, 0.5) is 5.82 Å². The lowest BCUT2D eigenvalue weighted by Crippen LogP contribution is -2.42. The highest BCUT2D eigenvalue weighted by atomic mass is 35.5. The van der Waals surface area contributed by atoms with E-state index < -0.39 is 55.7 Å². The van der Waals surface area contributed by atoms with Crippen molar-refractivity contribution in [3.8, 4) is 0 Å². The van der Waals surface area contributed by atoms with E-state index in [0.717, 1.165) is 0 Å². The standard InChI is InChI=1S/C19H27N5O4.C10H11ClN4O4/c25-7-12-15(26)16(27)19(28-12)24-9-22-14-17(20-8-21-18(14)24)23-13(10-3-1-4-10)11-5-2-6-11;11-8-5-9(13-2-12-8)15(3-14-5)10-7(18)6(17)4(1-16)19-10/h8-13,15-16,19,25-27H,1-7H2,(H,20,21,23);2-4,6-7,10,16-18H,1H2/t12-,15?,16-,19-;4-,6?,7-,10-/m11/s1. The first-order valence-corrected chi connectivity index (χ1v) is 16.2. The monoisotopic (exact) mass is 675 g/mol. The number of hydrogen-bond acceptors (Lipinski definition) is 15. The number of aliphatic hydroxyl groups is 6. The summed E-state index contributed by atoms with van der Waals surface area (Å²) in [6.45, 7) is -0.759. The number of imidazole rings is 2. The number of nitrogens with zero attached hydrogens (tertiary/aromatic N) is 8. The molecule has 18 heteroatoms. The van der Waals surface area contributed by atoms with Gasteiger partial charge in [-0.05, 0) is 37.5 Å². The number of rotatable bonds is 8. The summed E-state index contributed by atoms with van der Waals surface area (Å²) in [5.41, 5.74) is 1.92. The predicted octanol–water partition coefficient (Wildman–Crippen LogP) is -0.0903. The molecule has 2 aliphatic carbocycles. The average molecular weight is 676 g/mol. The highest BCUT2D eigenvalue weighted by molar-refractivity contribution is 6.33. The van der Waals surface area contributed by atoms with Gasteiger partial charge in [0.2, 0.25) is 0 Å². The molecule has 8 atom stereocenters. The molecule has 2 unspecified atom stereocenters. The Bertz CT molecular complexity index is 1670. The van der Waals surface area contributed by atoms with Gasteiger partial charge in [-0.2, -0.15) is 0 Å². The van der Waals surface area contributed by atoms with Crippen LogP contribution in [0.15, 0.2) is 25.3 Å². The van der Waals surface area contributed by atoms with Gasteiger partial charge in [0.1, 0.15) is 54.8 Å². The molecule has 2 saturated carbocycles. The first kappa shape index (κ1) is 32.4. The smallest absolute Gasteiger partial charge is 0.167 e. The van der Waals surface area contributed by atoms with Crippen molar-refractivity contribution in [3.63, 3.8) is 0 Å². The van der Waals surface area contributed by atoms with Crippen LogP contribution < -0.4 is 5.32 Å². The maximum absolute atomic E-state index is 10.3. The van der Waals surface area contributed by atoms with Crippen molar-refractivity contribution in [2.45, 2.75) is 93.6 Å². The second kappa shape index (κ2) is 13.4. The number of halogens is 1. The average Bonchev–Trinajstić information content (AvgIpc) is 3.78. The lowest BCUT2D eigenvalue weighted by Gasteiger charge is -2.43. The molecule has 4 fully saturated rings. The molecule has 4 aromatic rings. The number of aliphatic hydroxyl groups excluding tert-OH is 6. The first-order valence-electron chi connectivity index (χ1n) is 15.8. The number of aromatic nitrogens is 8. The third-order valence-corrected chi connectivity index (χ3v) is 10.2. The molecule has 4 aromatic heterocycles. The zero-order chi connectivity index (χ0) is 32.8. The maximum Gasteiger partial charge on any atom is 0.167 e. The third-order valence-electron chi connectivity index (χ3n) is 9.87. The molecule has 4 aliphatic rings. The van der Waals surface area contributed by atoms with Crippen LogP contribution >= 0.6 is 11.6 Å². The summed E-state index contributed by atoms with van der Waals surface area (Å²) < 4.78 is 14.1. The molecular formula is C29H38ClN9O8. The quantitative estimate of drug-likeness (QED) is 0.121. The van der Waals surface area contributed by atoms with Gasteiger partial charge in [-0.25, -0.2) is 29.9 Å². The minimum atomic E-state index is -1.19. The highest BCUT2D eigenvalue weighted by Crippen LogP contribution is 2.42. The molecule has 0 amide bonds. The van der Waals surface area contributed by atoms with E-state index in [1.807, 2.05) is 0 Å². The third kappa shape index (κ3) is 5.83. The fraction of sp³-hybridized carbons (Fsp3) is 0.655. The van der Waals surface area contributed by atoms with Crippen LogP contribution in [0.3, 0.4) is 0 Å². The number of ether oxygens (including phenoxy) is 2. The van der Waals surface area contributed by atoms with Crippen molar-refractivity contribution >= 4 is 39.7 Å². The van der Waals surface area contributed by atoms with Gasteiger partial charge in [-0.3, -0.25) is 9.13 Å². The second-order valence-corrected chi connectivity index (χ2v) is 12.9. The van der Waals surface area contributed by atoms with Gasteiger partial charge in [0.25, 0.3) is 0 Å². The van der Waals surface area contributed by atoms with E-state index in [2.05, 4.69) is 35.2 Å². The number of anilines is 1. The zero-order valence-electron chi connectivity index (χ0n) is 25.3. The van der Waals surface area contributed by atoms with E-state index >= 15 is 0 Å². The lowest BCUT2D eigenvalue weighted by molar-refractivity contribution is -0.0511. The van der Waals surface area contributed by atoms with Crippen molar-refractivity contribution in [3.05, 3.63) is 30.5 Å². The van der Waals surface area contributed by atoms with E-state index in [4.69, 9.17) is 26.2 Å². The van der Waals surface area contributed by atoms with E-state index in [9.17, 15) is 25.5 Å². The van der Waals surface area contributed by atoms with Crippen LogP contribution in [-0.2, 0) is 9.47 Å². The van der Waals surface area contributed by atoms with Gasteiger partial charge >= 0.3 is 0 Å². The van der Waals surface area contributed by atoms with Crippen LogP contribution in [-0.4, -0.2) is 126 Å². The highest BCUT2D eigenvalue weighted by Gasteiger charge is 2.45. The normalized spacial score (nSPS) is 31.2. The largest absolute Gasteiger partial charge is 0.394 e. The topological polar surface area (TPSA) is 239 Å². The van der Waals surface area contributed by atoms with Crippen LogP contribution in [0.2, 0.25) is 5.15 Å². The van der Waals surface area contributed by atoms with Crippen LogP contribution in [0, 0.1) is 11.8 Å². The Morgan fingerprint density at radius 1 is 0.702 bits per heavy atom. The van der Waals surface area contributed by atoms with E-state index in [-0.39, 0.29) is 11.8 Å². The summed E-state index contributed by atoms with van der Waals surface area (Å²) in [7, 11) is 0. The molecule has 6 heterocycles. The molecule has 0 aromatic carbocycles. The van der Waals surface area contributed by atoms with Gasteiger partial charge in [-0.1, -0.05) is 24.4 Å². The number of nitrogens with one attached hydrogen (secondary N) is 1. The van der Waals surface area contributed by atoms with E-state index in [0.29, 0.717) is 46.0 Å². The van der Waals surface area contributed by atoms with Gasteiger partial charge in [0.05, 0.1) is 25.9 Å². The summed E-state index contributed by atoms with van der Waals surface area (Å²) in [4.78, 5) is 25.1. The second-order valence-electron chi connectivity index (χ2n) is 12.5. The van der Waals surface area contributed by atoms with Crippen molar-refractivity contribution in [2.24, 2.45) is 11.8 Å². The van der Waals surface area contributed by atoms with Crippen molar-refractivity contribution in [1.29, 1.82) is 0 Å². The Balaban J connectivity index is 0.000000161. The lowest BCUT2D eigenvalue weighted by atomic mass is 9.68. The molecule has 2 saturated heterocycles. The van der Waals surface area contributed by atoms with Crippen LogP contribution in [0.25, 0.3) is 22.3 Å². The molecule has 0 bridgehead atoms. The molecule has 17 nitrogen and oxygen atoms in total. The number of fused-ring (bicyclic) bond motifs is 2. The fourth-order valence-corrected chi connectivity index (χ4v) is 6.93. The molecular weight excluding hydrogens is 638 g/mol. The Hall–Kier alpha value is -3.13. The summed E-state index contributed by atoms with van der Waals surface area (Å²) in [6, 6.07) is 0.416. The summed E-state index contributed by atoms with van der Waals surface area (Å²) in [5, 5.41) is 62.3. The van der Waals surface area contributed by atoms with E-state index in [1.54, 1.807) is 10.9 Å². The molecule has 0 radical (unpaired) electrons. The zero-order valence-corrected chi connectivity index (χ0v) is 26.0. The predicted molar refractivity (Wildman–Crippen MR) is 164 cm³/mol. The SMILES string of the molecule is OC[C@H]1O[C@@H](n2cnc3c(Cl)ncnc32)[C@H](O)C1O.OC[C@H]1O[C@@H](n2cnc3c(NC(C4CCC4)C4CCC4)ncnc32)[C@H](O)C1O. The first-order chi connectivity index (χ1) is 22.8.